The lowest BCUT2D eigenvalue weighted by molar-refractivity contribution is -0.167. The minimum absolute atomic E-state index is 0.0820. The van der Waals surface area contributed by atoms with Crippen molar-refractivity contribution in [2.45, 2.75) is 6.18 Å². The first-order valence-corrected chi connectivity index (χ1v) is 5.44. The molecular weight excluding hydrogens is 294 g/mol. The van der Waals surface area contributed by atoms with Gasteiger partial charge in [-0.2, -0.15) is 13.2 Å². The second-order valence-electron chi connectivity index (χ2n) is 3.20. The van der Waals surface area contributed by atoms with Gasteiger partial charge in [0.25, 0.3) is 0 Å². The molecule has 1 aromatic carbocycles. The van der Waals surface area contributed by atoms with Crippen LogP contribution in [0.4, 0.5) is 18.9 Å². The van der Waals surface area contributed by atoms with Crippen molar-refractivity contribution >= 4 is 40.6 Å². The zero-order valence-electron chi connectivity index (χ0n) is 8.65. The SMILES string of the molecule is O=C(CCl)c1ccc(Cl)cc1NC(=O)C(F)(F)F. The number of hydrogen-bond donors (Lipinski definition) is 1. The fourth-order valence-electron chi connectivity index (χ4n) is 1.13. The van der Waals surface area contributed by atoms with Crippen molar-refractivity contribution in [3.63, 3.8) is 0 Å². The van der Waals surface area contributed by atoms with Crippen LogP contribution in [0.2, 0.25) is 5.02 Å². The summed E-state index contributed by atoms with van der Waals surface area (Å²) in [6, 6.07) is 3.55. The van der Waals surface area contributed by atoms with Gasteiger partial charge in [-0.15, -0.1) is 11.6 Å². The van der Waals surface area contributed by atoms with E-state index in [0.29, 0.717) is 0 Å². The first-order valence-electron chi connectivity index (χ1n) is 4.52. The third-order valence-corrected chi connectivity index (χ3v) is 2.39. The van der Waals surface area contributed by atoms with Crippen LogP contribution < -0.4 is 5.32 Å². The van der Waals surface area contributed by atoms with Crippen LogP contribution in [-0.4, -0.2) is 23.7 Å². The lowest BCUT2D eigenvalue weighted by atomic mass is 10.1. The first kappa shape index (κ1) is 14.8. The Balaban J connectivity index is 3.11. The molecule has 8 heteroatoms. The van der Waals surface area contributed by atoms with E-state index in [0.717, 1.165) is 6.07 Å². The number of benzene rings is 1. The molecular formula is C10H6Cl2F3NO2. The molecule has 0 atom stereocenters. The first-order chi connectivity index (χ1) is 8.25. The Hall–Kier alpha value is -1.27. The highest BCUT2D eigenvalue weighted by Crippen LogP contribution is 2.24. The molecule has 0 unspecified atom stereocenters. The number of rotatable bonds is 3. The number of alkyl halides is 4. The van der Waals surface area contributed by atoms with Gasteiger partial charge in [-0.25, -0.2) is 0 Å². The second kappa shape index (κ2) is 5.58. The van der Waals surface area contributed by atoms with Gasteiger partial charge in [-0.3, -0.25) is 9.59 Å². The van der Waals surface area contributed by atoms with E-state index in [1.807, 2.05) is 0 Å². The fourth-order valence-corrected chi connectivity index (χ4v) is 1.44. The maximum absolute atomic E-state index is 12.1. The zero-order valence-corrected chi connectivity index (χ0v) is 10.2. The Labute approximate surface area is 110 Å². The highest BCUT2D eigenvalue weighted by atomic mass is 35.5. The molecule has 0 aliphatic carbocycles. The summed E-state index contributed by atoms with van der Waals surface area (Å²) in [5.74, 6) is -3.23. The Morgan fingerprint density at radius 3 is 2.39 bits per heavy atom. The number of hydrogen-bond acceptors (Lipinski definition) is 2. The number of carbonyl (C=O) groups excluding carboxylic acids is 2. The average molecular weight is 300 g/mol. The molecule has 0 spiro atoms. The smallest absolute Gasteiger partial charge is 0.318 e. The standard InChI is InChI=1S/C10H6Cl2F3NO2/c11-4-8(17)6-2-1-5(12)3-7(6)16-9(18)10(13,14)15/h1-3H,4H2,(H,16,18). The van der Waals surface area contributed by atoms with E-state index in [1.54, 1.807) is 5.32 Å². The maximum atomic E-state index is 12.1. The van der Waals surface area contributed by atoms with Crippen LogP contribution in [0.15, 0.2) is 18.2 Å². The number of nitrogens with one attached hydrogen (secondary N) is 1. The van der Waals surface area contributed by atoms with Crippen molar-refractivity contribution in [3.8, 4) is 0 Å². The van der Waals surface area contributed by atoms with E-state index in [1.165, 1.54) is 12.1 Å². The predicted molar refractivity (Wildman–Crippen MR) is 61.2 cm³/mol. The summed E-state index contributed by atoms with van der Waals surface area (Å²) in [7, 11) is 0. The molecule has 0 aliphatic rings. The Kier molecular flexibility index (Phi) is 4.59. The minimum Gasteiger partial charge on any atom is -0.318 e. The third kappa shape index (κ3) is 3.61. The summed E-state index contributed by atoms with van der Waals surface area (Å²) in [6.45, 7) is 0. The van der Waals surface area contributed by atoms with Crippen LogP contribution in [0, 0.1) is 0 Å². The van der Waals surface area contributed by atoms with Crippen LogP contribution in [0.25, 0.3) is 0 Å². The molecule has 98 valence electrons. The normalized spacial score (nSPS) is 11.2. The van der Waals surface area contributed by atoms with E-state index in [9.17, 15) is 22.8 Å². The maximum Gasteiger partial charge on any atom is 0.471 e. The lowest BCUT2D eigenvalue weighted by Gasteiger charge is -2.11. The van der Waals surface area contributed by atoms with Gasteiger partial charge in [0.05, 0.1) is 11.6 Å². The highest BCUT2D eigenvalue weighted by molar-refractivity contribution is 6.33. The van der Waals surface area contributed by atoms with Crippen molar-refractivity contribution < 1.29 is 22.8 Å². The monoisotopic (exact) mass is 299 g/mol. The van der Waals surface area contributed by atoms with Gasteiger partial charge in [0.2, 0.25) is 0 Å². The molecule has 0 heterocycles. The van der Waals surface area contributed by atoms with Crippen LogP contribution >= 0.6 is 23.2 Å². The van der Waals surface area contributed by atoms with Gasteiger partial charge in [-0.05, 0) is 18.2 Å². The molecule has 0 saturated carbocycles. The van der Waals surface area contributed by atoms with Crippen LogP contribution in [0.5, 0.6) is 0 Å². The van der Waals surface area contributed by atoms with Gasteiger partial charge >= 0.3 is 12.1 Å². The van der Waals surface area contributed by atoms with E-state index in [4.69, 9.17) is 23.2 Å². The molecule has 0 radical (unpaired) electrons. The van der Waals surface area contributed by atoms with Crippen molar-refractivity contribution in [3.05, 3.63) is 28.8 Å². The largest absolute Gasteiger partial charge is 0.471 e. The minimum atomic E-state index is -5.05. The predicted octanol–water partition coefficient (Wildman–Crippen LogP) is 3.26. The van der Waals surface area contributed by atoms with Crippen molar-refractivity contribution in [1.29, 1.82) is 0 Å². The Bertz CT molecular complexity index is 489. The number of ketones is 1. The van der Waals surface area contributed by atoms with E-state index in [2.05, 4.69) is 0 Å². The number of Topliss-reactive ketones (excluding diaryl/α,β-unsaturated/α-hetero) is 1. The summed E-state index contributed by atoms with van der Waals surface area (Å²) < 4.78 is 36.3. The van der Waals surface area contributed by atoms with Crippen molar-refractivity contribution in [2.75, 3.05) is 11.2 Å². The number of amides is 1. The quantitative estimate of drug-likeness (QED) is 0.688. The number of halogens is 5. The third-order valence-electron chi connectivity index (χ3n) is 1.91. The summed E-state index contributed by atoms with van der Waals surface area (Å²) in [5, 5.41) is 1.66. The van der Waals surface area contributed by atoms with Gasteiger partial charge in [0, 0.05) is 10.6 Å². The molecule has 18 heavy (non-hydrogen) atoms. The molecule has 0 fully saturated rings. The van der Waals surface area contributed by atoms with Gasteiger partial charge < -0.3 is 5.32 Å². The molecule has 3 nitrogen and oxygen atoms in total. The molecule has 1 amide bonds. The van der Waals surface area contributed by atoms with Gasteiger partial charge in [-0.1, -0.05) is 11.6 Å². The second-order valence-corrected chi connectivity index (χ2v) is 3.90. The Morgan fingerprint density at radius 2 is 1.89 bits per heavy atom. The number of anilines is 1. The van der Waals surface area contributed by atoms with Gasteiger partial charge in [0.15, 0.2) is 5.78 Å². The highest BCUT2D eigenvalue weighted by Gasteiger charge is 2.39. The summed E-state index contributed by atoms with van der Waals surface area (Å²) in [4.78, 5) is 22.2. The average Bonchev–Trinajstić information content (AvgIpc) is 2.27. The molecule has 1 rings (SSSR count). The fraction of sp³-hybridized carbons (Fsp3) is 0.200. The van der Waals surface area contributed by atoms with E-state index in [-0.39, 0.29) is 16.3 Å². The summed E-state index contributed by atoms with van der Waals surface area (Å²) in [5.41, 5.74) is -0.456. The summed E-state index contributed by atoms with van der Waals surface area (Å²) in [6.07, 6.45) is -5.05. The van der Waals surface area contributed by atoms with Crippen molar-refractivity contribution in [2.24, 2.45) is 0 Å². The number of carbonyl (C=O) groups is 2. The molecule has 0 aromatic heterocycles. The van der Waals surface area contributed by atoms with E-state index >= 15 is 0 Å². The Morgan fingerprint density at radius 1 is 1.28 bits per heavy atom. The van der Waals surface area contributed by atoms with Gasteiger partial charge in [0.1, 0.15) is 0 Å². The molecule has 0 saturated heterocycles. The summed E-state index contributed by atoms with van der Waals surface area (Å²) >= 11 is 10.9. The molecule has 1 aromatic rings. The molecule has 1 N–H and O–H groups in total. The van der Waals surface area contributed by atoms with Crippen molar-refractivity contribution in [1.82, 2.24) is 0 Å². The van der Waals surface area contributed by atoms with Crippen LogP contribution in [0.1, 0.15) is 10.4 Å². The lowest BCUT2D eigenvalue weighted by Crippen LogP contribution is -2.30. The molecule has 0 aliphatic heterocycles. The topological polar surface area (TPSA) is 46.2 Å². The van der Waals surface area contributed by atoms with E-state index < -0.39 is 23.7 Å². The molecule has 0 bridgehead atoms. The van der Waals surface area contributed by atoms with Crippen LogP contribution in [-0.2, 0) is 4.79 Å². The van der Waals surface area contributed by atoms with Crippen LogP contribution in [0.3, 0.4) is 0 Å². The zero-order chi connectivity index (χ0) is 13.9.